The maximum atomic E-state index is 12.4. The minimum atomic E-state index is -0.573. The molecule has 0 spiro atoms. The fourth-order valence-electron chi connectivity index (χ4n) is 2.63. The van der Waals surface area contributed by atoms with E-state index in [0.29, 0.717) is 12.3 Å². The zero-order valence-corrected chi connectivity index (χ0v) is 19.5. The molecule has 0 saturated heterocycles. The van der Waals surface area contributed by atoms with E-state index >= 15 is 0 Å². The number of rotatable bonds is 7. The SMILES string of the molecule is CN(C)CCCN(C)C(=O)Oc1ccc(C(OC(=O)C(C)(C)C)C(C)(C)C)cc1. The van der Waals surface area contributed by atoms with Gasteiger partial charge in [-0.15, -0.1) is 0 Å². The Bertz CT molecular complexity index is 670. The fourth-order valence-corrected chi connectivity index (χ4v) is 2.63. The molecule has 1 amide bonds. The van der Waals surface area contributed by atoms with E-state index in [-0.39, 0.29) is 17.5 Å². The summed E-state index contributed by atoms with van der Waals surface area (Å²) >= 11 is 0. The number of esters is 1. The first-order valence-corrected chi connectivity index (χ1v) is 10.1. The molecule has 0 aromatic heterocycles. The van der Waals surface area contributed by atoms with Gasteiger partial charge in [0.25, 0.3) is 0 Å². The van der Waals surface area contributed by atoms with Crippen molar-refractivity contribution < 1.29 is 19.1 Å². The molecular formula is C23H38N2O4. The topological polar surface area (TPSA) is 59.1 Å². The largest absolute Gasteiger partial charge is 0.457 e. The van der Waals surface area contributed by atoms with Gasteiger partial charge in [0, 0.05) is 19.0 Å². The number of ether oxygens (including phenoxy) is 2. The summed E-state index contributed by atoms with van der Waals surface area (Å²) in [4.78, 5) is 28.3. The summed E-state index contributed by atoms with van der Waals surface area (Å²) in [6, 6.07) is 7.18. The summed E-state index contributed by atoms with van der Waals surface area (Å²) in [7, 11) is 5.74. The maximum absolute atomic E-state index is 12.4. The third-order valence-electron chi connectivity index (χ3n) is 4.42. The monoisotopic (exact) mass is 406 g/mol. The van der Waals surface area contributed by atoms with Crippen molar-refractivity contribution in [2.45, 2.75) is 54.1 Å². The van der Waals surface area contributed by atoms with E-state index in [2.05, 4.69) is 4.90 Å². The minimum Gasteiger partial charge on any atom is -0.457 e. The molecule has 0 heterocycles. The third-order valence-corrected chi connectivity index (χ3v) is 4.42. The summed E-state index contributed by atoms with van der Waals surface area (Å²) in [6.07, 6.45) is 0.0972. The predicted octanol–water partition coefficient (Wildman–Crippen LogP) is 4.75. The van der Waals surface area contributed by atoms with Crippen LogP contribution in [0.15, 0.2) is 24.3 Å². The second-order valence-corrected chi connectivity index (χ2v) is 9.92. The van der Waals surface area contributed by atoms with Crippen LogP contribution < -0.4 is 4.74 Å². The zero-order valence-electron chi connectivity index (χ0n) is 19.5. The Kier molecular flexibility index (Phi) is 8.69. The Labute approximate surface area is 176 Å². The van der Waals surface area contributed by atoms with Gasteiger partial charge in [0.05, 0.1) is 5.41 Å². The molecule has 1 rings (SSSR count). The Morgan fingerprint density at radius 3 is 1.93 bits per heavy atom. The van der Waals surface area contributed by atoms with E-state index in [1.807, 2.05) is 67.8 Å². The molecule has 0 aliphatic heterocycles. The molecule has 6 nitrogen and oxygen atoms in total. The van der Waals surface area contributed by atoms with Gasteiger partial charge in [-0.1, -0.05) is 32.9 Å². The van der Waals surface area contributed by atoms with Crippen LogP contribution >= 0.6 is 0 Å². The van der Waals surface area contributed by atoms with Crippen molar-refractivity contribution in [2.75, 3.05) is 34.2 Å². The van der Waals surface area contributed by atoms with Gasteiger partial charge >= 0.3 is 12.1 Å². The van der Waals surface area contributed by atoms with E-state index in [0.717, 1.165) is 18.5 Å². The summed E-state index contributed by atoms with van der Waals surface area (Å²) in [5, 5.41) is 0. The first-order chi connectivity index (χ1) is 13.2. The molecule has 1 aromatic rings. The molecule has 0 aliphatic carbocycles. The van der Waals surface area contributed by atoms with Crippen molar-refractivity contribution in [1.82, 2.24) is 9.80 Å². The first-order valence-electron chi connectivity index (χ1n) is 10.1. The van der Waals surface area contributed by atoms with Gasteiger partial charge in [0.2, 0.25) is 0 Å². The fraction of sp³-hybridized carbons (Fsp3) is 0.652. The lowest BCUT2D eigenvalue weighted by molar-refractivity contribution is -0.165. The standard InChI is InChI=1S/C23H38N2O4/c1-22(2,3)19(29-20(26)23(4,5)6)17-11-13-18(14-12-17)28-21(27)25(9)16-10-15-24(7)8/h11-14,19H,10,15-16H2,1-9H3. The van der Waals surface area contributed by atoms with Crippen LogP contribution in [0.5, 0.6) is 5.75 Å². The lowest BCUT2D eigenvalue weighted by Gasteiger charge is -2.33. The molecule has 1 unspecified atom stereocenters. The highest BCUT2D eigenvalue weighted by Gasteiger charge is 2.34. The van der Waals surface area contributed by atoms with Crippen LogP contribution in [0.4, 0.5) is 4.79 Å². The van der Waals surface area contributed by atoms with Crippen LogP contribution in [0.1, 0.15) is 59.6 Å². The second-order valence-electron chi connectivity index (χ2n) is 9.92. The van der Waals surface area contributed by atoms with Crippen LogP contribution in [0.3, 0.4) is 0 Å². The van der Waals surface area contributed by atoms with Gasteiger partial charge in [-0.25, -0.2) is 4.79 Å². The Hall–Kier alpha value is -2.08. The first kappa shape index (κ1) is 25.0. The van der Waals surface area contributed by atoms with Crippen molar-refractivity contribution in [1.29, 1.82) is 0 Å². The molecule has 0 fully saturated rings. The molecule has 0 saturated carbocycles. The molecular weight excluding hydrogens is 368 g/mol. The van der Waals surface area contributed by atoms with Gasteiger partial charge in [0.1, 0.15) is 11.9 Å². The van der Waals surface area contributed by atoms with Gasteiger partial charge in [-0.2, -0.15) is 0 Å². The summed E-state index contributed by atoms with van der Waals surface area (Å²) in [5.41, 5.74) is 0.0243. The average Bonchev–Trinajstić information content (AvgIpc) is 2.58. The molecule has 1 aromatic carbocycles. The summed E-state index contributed by atoms with van der Waals surface area (Å²) < 4.78 is 11.3. The molecule has 1 atom stereocenters. The lowest BCUT2D eigenvalue weighted by Crippen LogP contribution is -2.32. The summed E-state index contributed by atoms with van der Waals surface area (Å²) in [5.74, 6) is 0.222. The van der Waals surface area contributed by atoms with Crippen LogP contribution in [0, 0.1) is 10.8 Å². The molecule has 6 heteroatoms. The number of amides is 1. The van der Waals surface area contributed by atoms with Gasteiger partial charge in [-0.3, -0.25) is 4.79 Å². The average molecular weight is 407 g/mol. The Morgan fingerprint density at radius 2 is 1.48 bits per heavy atom. The quantitative estimate of drug-likeness (QED) is 0.612. The molecule has 0 radical (unpaired) electrons. The highest BCUT2D eigenvalue weighted by atomic mass is 16.6. The maximum Gasteiger partial charge on any atom is 0.414 e. The summed E-state index contributed by atoms with van der Waals surface area (Å²) in [6.45, 7) is 13.2. The van der Waals surface area contributed by atoms with Crippen LogP contribution in [-0.4, -0.2) is 56.1 Å². The Morgan fingerprint density at radius 1 is 0.931 bits per heavy atom. The predicted molar refractivity (Wildman–Crippen MR) is 116 cm³/mol. The van der Waals surface area contributed by atoms with Crippen LogP contribution in [0.2, 0.25) is 0 Å². The minimum absolute atomic E-state index is 0.243. The third kappa shape index (κ3) is 8.44. The van der Waals surface area contributed by atoms with Gasteiger partial charge in [-0.05, 0) is 65.5 Å². The van der Waals surface area contributed by atoms with Gasteiger partial charge < -0.3 is 19.3 Å². The highest BCUT2D eigenvalue weighted by molar-refractivity contribution is 5.75. The lowest BCUT2D eigenvalue weighted by atomic mass is 9.84. The number of hydrogen-bond acceptors (Lipinski definition) is 5. The Balaban J connectivity index is 2.81. The van der Waals surface area contributed by atoms with E-state index in [1.54, 1.807) is 24.1 Å². The van der Waals surface area contributed by atoms with Crippen molar-refractivity contribution in [3.05, 3.63) is 29.8 Å². The molecule has 0 bridgehead atoms. The van der Waals surface area contributed by atoms with Crippen molar-refractivity contribution >= 4 is 12.1 Å². The van der Waals surface area contributed by atoms with Crippen molar-refractivity contribution in [3.8, 4) is 5.75 Å². The normalized spacial score (nSPS) is 13.2. The van der Waals surface area contributed by atoms with Crippen LogP contribution in [0.25, 0.3) is 0 Å². The zero-order chi connectivity index (χ0) is 22.4. The number of carbonyl (C=O) groups excluding carboxylic acids is 2. The number of nitrogens with zero attached hydrogens (tertiary/aromatic N) is 2. The smallest absolute Gasteiger partial charge is 0.414 e. The second kappa shape index (κ2) is 10.1. The molecule has 29 heavy (non-hydrogen) atoms. The van der Waals surface area contributed by atoms with Gasteiger partial charge in [0.15, 0.2) is 0 Å². The van der Waals surface area contributed by atoms with E-state index in [9.17, 15) is 9.59 Å². The van der Waals surface area contributed by atoms with E-state index in [4.69, 9.17) is 9.47 Å². The number of carbonyl (C=O) groups is 2. The number of benzene rings is 1. The number of hydrogen-bond donors (Lipinski definition) is 0. The molecule has 0 N–H and O–H groups in total. The molecule has 0 aliphatic rings. The highest BCUT2D eigenvalue weighted by Crippen LogP contribution is 2.38. The van der Waals surface area contributed by atoms with E-state index < -0.39 is 11.5 Å². The molecule has 164 valence electrons. The van der Waals surface area contributed by atoms with E-state index in [1.165, 1.54) is 0 Å². The van der Waals surface area contributed by atoms with Crippen LogP contribution in [-0.2, 0) is 9.53 Å². The van der Waals surface area contributed by atoms with Crippen molar-refractivity contribution in [3.63, 3.8) is 0 Å². The van der Waals surface area contributed by atoms with Crippen molar-refractivity contribution in [2.24, 2.45) is 10.8 Å².